The summed E-state index contributed by atoms with van der Waals surface area (Å²) in [5.74, 6) is -1.01. The summed E-state index contributed by atoms with van der Waals surface area (Å²) >= 11 is 0. The van der Waals surface area contributed by atoms with E-state index in [1.54, 1.807) is 36.4 Å². The zero-order chi connectivity index (χ0) is 17.8. The third-order valence-electron chi connectivity index (χ3n) is 3.69. The van der Waals surface area contributed by atoms with Gasteiger partial charge < -0.3 is 19.9 Å². The Morgan fingerprint density at radius 2 is 1.84 bits per heavy atom. The number of hydrogen-bond donors (Lipinski definition) is 3. The lowest BCUT2D eigenvalue weighted by molar-refractivity contribution is 0.234. The second-order valence-corrected chi connectivity index (χ2v) is 5.45. The summed E-state index contributed by atoms with van der Waals surface area (Å²) in [6, 6.07) is 15.1. The van der Waals surface area contributed by atoms with E-state index >= 15 is 0 Å². The fraction of sp³-hybridized carbons (Fsp3) is 0.105. The molecule has 0 aliphatic rings. The van der Waals surface area contributed by atoms with Crippen LogP contribution < -0.4 is 10.7 Å². The van der Waals surface area contributed by atoms with Gasteiger partial charge in [-0.25, -0.2) is 4.39 Å². The Morgan fingerprint density at radius 3 is 2.52 bits per heavy atom. The number of benzene rings is 2. The van der Waals surface area contributed by atoms with Crippen LogP contribution in [0.4, 0.5) is 10.1 Å². The van der Waals surface area contributed by atoms with Crippen LogP contribution in [-0.4, -0.2) is 10.2 Å². The van der Waals surface area contributed by atoms with Crippen molar-refractivity contribution < 1.29 is 19.0 Å². The molecule has 0 spiro atoms. The Kier molecular flexibility index (Phi) is 4.81. The molecule has 1 aromatic heterocycles. The first-order chi connectivity index (χ1) is 12.1. The third-order valence-corrected chi connectivity index (χ3v) is 3.69. The summed E-state index contributed by atoms with van der Waals surface area (Å²) in [5.41, 5.74) is 0.484. The molecule has 3 N–H and O–H groups in total. The molecular formula is C19H16FNO4. The summed E-state index contributed by atoms with van der Waals surface area (Å²) in [6.45, 7) is -0.482. The van der Waals surface area contributed by atoms with Crippen LogP contribution in [0.2, 0.25) is 0 Å². The number of hydrogen-bond acceptors (Lipinski definition) is 5. The van der Waals surface area contributed by atoms with Crippen molar-refractivity contribution in [2.75, 3.05) is 5.32 Å². The van der Waals surface area contributed by atoms with Gasteiger partial charge in [0.25, 0.3) is 0 Å². The molecule has 128 valence electrons. The maximum Gasteiger partial charge on any atom is 0.227 e. The van der Waals surface area contributed by atoms with Crippen molar-refractivity contribution in [1.82, 2.24) is 0 Å². The highest BCUT2D eigenvalue weighted by Gasteiger charge is 2.23. The van der Waals surface area contributed by atoms with Crippen molar-refractivity contribution in [3.8, 4) is 5.75 Å². The van der Waals surface area contributed by atoms with Gasteiger partial charge in [-0.05, 0) is 23.8 Å². The van der Waals surface area contributed by atoms with Crippen LogP contribution in [-0.2, 0) is 6.61 Å². The Bertz CT molecular complexity index is 924. The molecule has 0 saturated heterocycles. The van der Waals surface area contributed by atoms with E-state index in [2.05, 4.69) is 5.32 Å². The fourth-order valence-corrected chi connectivity index (χ4v) is 2.52. The predicted octanol–water partition coefficient (Wildman–Crippen LogP) is 3.18. The van der Waals surface area contributed by atoms with E-state index in [1.165, 1.54) is 12.1 Å². The van der Waals surface area contributed by atoms with Crippen molar-refractivity contribution >= 4 is 5.69 Å². The second kappa shape index (κ2) is 7.19. The average Bonchev–Trinajstić information content (AvgIpc) is 2.63. The number of anilines is 1. The largest absolute Gasteiger partial charge is 0.502 e. The molecule has 0 aliphatic heterocycles. The van der Waals surface area contributed by atoms with Gasteiger partial charge in [0.1, 0.15) is 24.2 Å². The lowest BCUT2D eigenvalue weighted by Crippen LogP contribution is -2.16. The summed E-state index contributed by atoms with van der Waals surface area (Å²) in [6.07, 6.45) is 0. The van der Waals surface area contributed by atoms with E-state index in [9.17, 15) is 19.4 Å². The first-order valence-corrected chi connectivity index (χ1v) is 7.62. The molecule has 6 heteroatoms. The summed E-state index contributed by atoms with van der Waals surface area (Å²) in [4.78, 5) is 12.0. The lowest BCUT2D eigenvalue weighted by atomic mass is 10.0. The Labute approximate surface area is 143 Å². The normalized spacial score (nSPS) is 11.9. The number of aromatic hydroxyl groups is 1. The van der Waals surface area contributed by atoms with Gasteiger partial charge in [0.05, 0.1) is 0 Å². The first kappa shape index (κ1) is 16.7. The monoisotopic (exact) mass is 341 g/mol. The highest BCUT2D eigenvalue weighted by atomic mass is 19.1. The first-order valence-electron chi connectivity index (χ1n) is 7.62. The summed E-state index contributed by atoms with van der Waals surface area (Å²) < 4.78 is 19.0. The SMILES string of the molecule is O=c1cc(CO)oc(C(Nc2cccc(F)c2)c2ccccc2)c1O. The van der Waals surface area contributed by atoms with Gasteiger partial charge in [-0.1, -0.05) is 36.4 Å². The second-order valence-electron chi connectivity index (χ2n) is 5.45. The van der Waals surface area contributed by atoms with Gasteiger partial charge in [0.2, 0.25) is 11.2 Å². The van der Waals surface area contributed by atoms with Crippen molar-refractivity contribution in [2.45, 2.75) is 12.6 Å². The fourth-order valence-electron chi connectivity index (χ4n) is 2.52. The maximum absolute atomic E-state index is 13.5. The number of halogens is 1. The molecule has 0 bridgehead atoms. The van der Waals surface area contributed by atoms with Crippen LogP contribution >= 0.6 is 0 Å². The predicted molar refractivity (Wildman–Crippen MR) is 90.9 cm³/mol. The van der Waals surface area contributed by atoms with Gasteiger partial charge in [-0.15, -0.1) is 0 Å². The molecule has 2 aromatic carbocycles. The highest BCUT2D eigenvalue weighted by molar-refractivity contribution is 5.49. The summed E-state index contributed by atoms with van der Waals surface area (Å²) in [5, 5.41) is 22.5. The standard InChI is InChI=1S/C19H16FNO4/c20-13-7-4-8-14(9-13)21-17(12-5-2-1-3-6-12)19-18(24)16(23)10-15(11-22)25-19/h1-10,17,21-22,24H,11H2. The van der Waals surface area contributed by atoms with Crippen LogP contribution in [0, 0.1) is 5.82 Å². The minimum Gasteiger partial charge on any atom is -0.502 e. The third kappa shape index (κ3) is 3.70. The van der Waals surface area contributed by atoms with E-state index < -0.39 is 29.6 Å². The topological polar surface area (TPSA) is 82.7 Å². The molecule has 1 atom stereocenters. The van der Waals surface area contributed by atoms with Crippen LogP contribution in [0.3, 0.4) is 0 Å². The molecule has 5 nitrogen and oxygen atoms in total. The van der Waals surface area contributed by atoms with E-state index in [4.69, 9.17) is 4.42 Å². The number of nitrogens with one attached hydrogen (secondary N) is 1. The Hall–Kier alpha value is -3.12. The Balaban J connectivity index is 2.12. The molecule has 3 rings (SSSR count). The van der Waals surface area contributed by atoms with Gasteiger partial charge in [0.15, 0.2) is 5.76 Å². The van der Waals surface area contributed by atoms with E-state index in [1.807, 2.05) is 6.07 Å². The molecule has 0 radical (unpaired) electrons. The molecule has 25 heavy (non-hydrogen) atoms. The van der Waals surface area contributed by atoms with Crippen molar-refractivity contribution in [3.63, 3.8) is 0 Å². The van der Waals surface area contributed by atoms with Crippen LogP contribution in [0.15, 0.2) is 69.9 Å². The van der Waals surface area contributed by atoms with E-state index in [0.29, 0.717) is 11.3 Å². The van der Waals surface area contributed by atoms with Gasteiger partial charge in [0, 0.05) is 11.8 Å². The van der Waals surface area contributed by atoms with Gasteiger partial charge in [-0.3, -0.25) is 4.79 Å². The zero-order valence-corrected chi connectivity index (χ0v) is 13.1. The van der Waals surface area contributed by atoms with Gasteiger partial charge in [-0.2, -0.15) is 0 Å². The Morgan fingerprint density at radius 1 is 1.08 bits per heavy atom. The van der Waals surface area contributed by atoms with Crippen molar-refractivity contribution in [2.24, 2.45) is 0 Å². The maximum atomic E-state index is 13.5. The highest BCUT2D eigenvalue weighted by Crippen LogP contribution is 2.31. The molecular weight excluding hydrogens is 325 g/mol. The molecule has 0 aliphatic carbocycles. The average molecular weight is 341 g/mol. The minimum absolute atomic E-state index is 0.0276. The summed E-state index contributed by atoms with van der Waals surface area (Å²) in [7, 11) is 0. The smallest absolute Gasteiger partial charge is 0.227 e. The van der Waals surface area contributed by atoms with E-state index in [0.717, 1.165) is 6.07 Å². The molecule has 0 saturated carbocycles. The molecule has 1 heterocycles. The number of aliphatic hydroxyl groups excluding tert-OH is 1. The minimum atomic E-state index is -0.748. The van der Waals surface area contributed by atoms with Gasteiger partial charge >= 0.3 is 0 Å². The quantitative estimate of drug-likeness (QED) is 0.664. The van der Waals surface area contributed by atoms with E-state index in [-0.39, 0.29) is 11.5 Å². The number of rotatable bonds is 5. The lowest BCUT2D eigenvalue weighted by Gasteiger charge is -2.21. The molecule has 0 amide bonds. The molecule has 0 fully saturated rings. The number of aliphatic hydroxyl groups is 1. The molecule has 1 unspecified atom stereocenters. The van der Waals surface area contributed by atoms with Crippen molar-refractivity contribution in [3.05, 3.63) is 93.8 Å². The van der Waals surface area contributed by atoms with Crippen molar-refractivity contribution in [1.29, 1.82) is 0 Å². The van der Waals surface area contributed by atoms with Crippen LogP contribution in [0.1, 0.15) is 23.1 Å². The molecule has 3 aromatic rings. The van der Waals surface area contributed by atoms with Crippen LogP contribution in [0.5, 0.6) is 5.75 Å². The zero-order valence-electron chi connectivity index (χ0n) is 13.1. The van der Waals surface area contributed by atoms with Crippen LogP contribution in [0.25, 0.3) is 0 Å².